The second-order valence-electron chi connectivity index (χ2n) is 20.8. The van der Waals surface area contributed by atoms with Crippen molar-refractivity contribution in [1.29, 1.82) is 0 Å². The van der Waals surface area contributed by atoms with Gasteiger partial charge in [0.2, 0.25) is 0 Å². The molecule has 5 aromatic carbocycles. The molecule has 2 aliphatic carbocycles. The van der Waals surface area contributed by atoms with Crippen molar-refractivity contribution < 1.29 is 46.1 Å². The van der Waals surface area contributed by atoms with Crippen molar-refractivity contribution in [2.24, 2.45) is 5.92 Å². The van der Waals surface area contributed by atoms with Crippen LogP contribution in [0.2, 0.25) is 0 Å². The van der Waals surface area contributed by atoms with Crippen LogP contribution >= 0.6 is 0 Å². The SMILES string of the molecule is CC1=[C]([Zr+2](=[C](c2ccc(C(C)(C)C)cc2)c2ccc(C(C)(C)C)cc2)[CH]2c3ccc(C(C)(C)C)cc3-c3cc(C(C)(C)C)ccc32)C(C)C=C1c1ccccc1.[Cl-].[Cl-]. The summed E-state index contributed by atoms with van der Waals surface area (Å²) in [5, 5.41) is 0. The van der Waals surface area contributed by atoms with Crippen LogP contribution in [0.1, 0.15) is 151 Å². The minimum atomic E-state index is -3.07. The average Bonchev–Trinajstić information content (AvgIpc) is 3.61. The fourth-order valence-electron chi connectivity index (χ4n) is 9.00. The van der Waals surface area contributed by atoms with Crippen LogP contribution in [0.25, 0.3) is 16.7 Å². The van der Waals surface area contributed by atoms with Crippen molar-refractivity contribution in [3.8, 4) is 11.1 Å². The second-order valence-corrected chi connectivity index (χ2v) is 26.8. The van der Waals surface area contributed by atoms with E-state index < -0.39 is 21.3 Å². The molecule has 0 fully saturated rings. The van der Waals surface area contributed by atoms with Crippen molar-refractivity contribution in [3.05, 3.63) is 180 Å². The van der Waals surface area contributed by atoms with Gasteiger partial charge in [0.25, 0.3) is 0 Å². The van der Waals surface area contributed by atoms with Crippen molar-refractivity contribution >= 4 is 8.78 Å². The van der Waals surface area contributed by atoms with E-state index in [1.165, 1.54) is 72.3 Å². The molecule has 0 amide bonds. The van der Waals surface area contributed by atoms with Gasteiger partial charge in [-0.05, 0) is 0 Å². The van der Waals surface area contributed by atoms with Gasteiger partial charge in [-0.1, -0.05) is 0 Å². The summed E-state index contributed by atoms with van der Waals surface area (Å²) in [7, 11) is 0. The molecule has 0 bridgehead atoms. The molecule has 0 spiro atoms. The molecule has 0 N–H and O–H groups in total. The molecule has 3 heteroatoms. The molecule has 7 rings (SSSR count). The van der Waals surface area contributed by atoms with Gasteiger partial charge in [0.1, 0.15) is 0 Å². The van der Waals surface area contributed by atoms with Crippen molar-refractivity contribution in [3.63, 3.8) is 0 Å². The van der Waals surface area contributed by atoms with Gasteiger partial charge in [-0.25, -0.2) is 0 Å². The van der Waals surface area contributed by atoms with E-state index in [9.17, 15) is 0 Å². The van der Waals surface area contributed by atoms with Gasteiger partial charge >= 0.3 is 350 Å². The maximum absolute atomic E-state index is 3.07. The molecule has 5 aromatic rings. The summed E-state index contributed by atoms with van der Waals surface area (Å²) in [4.78, 5) is 0. The van der Waals surface area contributed by atoms with Crippen LogP contribution in [0.5, 0.6) is 0 Å². The van der Waals surface area contributed by atoms with Gasteiger partial charge in [0.05, 0.1) is 0 Å². The Labute approximate surface area is 371 Å². The molecule has 0 saturated heterocycles. The third-order valence-electron chi connectivity index (χ3n) is 12.4. The second kappa shape index (κ2) is 16.8. The Kier molecular flexibility index (Phi) is 13.3. The van der Waals surface area contributed by atoms with E-state index in [4.69, 9.17) is 0 Å². The van der Waals surface area contributed by atoms with Crippen LogP contribution in [0.3, 0.4) is 0 Å². The molecule has 0 heterocycles. The molecule has 0 aliphatic heterocycles. The maximum Gasteiger partial charge on any atom is -1.00 e. The van der Waals surface area contributed by atoms with Crippen molar-refractivity contribution in [2.75, 3.05) is 0 Å². The Hall–Kier alpha value is -3.09. The number of hydrogen-bond donors (Lipinski definition) is 0. The zero-order valence-corrected chi connectivity index (χ0v) is 41.4. The number of rotatable bonds is 5. The summed E-state index contributed by atoms with van der Waals surface area (Å²) >= 11 is -3.07. The van der Waals surface area contributed by atoms with Gasteiger partial charge in [0, 0.05) is 0 Å². The fourth-order valence-corrected chi connectivity index (χ4v) is 19.0. The Morgan fingerprint density at radius 3 is 1.24 bits per heavy atom. The third kappa shape index (κ3) is 8.85. The summed E-state index contributed by atoms with van der Waals surface area (Å²) in [6.07, 6.45) is 2.59. The molecular formula is C55H64Cl2Zr. The van der Waals surface area contributed by atoms with Crippen LogP contribution in [0.15, 0.2) is 130 Å². The zero-order valence-electron chi connectivity index (χ0n) is 37.5. The van der Waals surface area contributed by atoms with Crippen molar-refractivity contribution in [2.45, 2.75) is 122 Å². The fraction of sp³-hybridized carbons (Fsp3) is 0.364. The molecule has 1 unspecified atom stereocenters. The summed E-state index contributed by atoms with van der Waals surface area (Å²) < 4.78 is 3.67. The normalized spacial score (nSPS) is 15.5. The van der Waals surface area contributed by atoms with Crippen LogP contribution in [-0.2, 0) is 42.9 Å². The first-order valence-corrected chi connectivity index (χ1v) is 24.8. The Balaban J connectivity index is 0.00000320. The van der Waals surface area contributed by atoms with E-state index in [1.807, 2.05) is 0 Å². The zero-order chi connectivity index (χ0) is 40.5. The van der Waals surface area contributed by atoms with Crippen LogP contribution in [0, 0.1) is 5.92 Å². The molecule has 0 radical (unpaired) electrons. The molecule has 302 valence electrons. The molecule has 1 atom stereocenters. The first-order valence-electron chi connectivity index (χ1n) is 20.9. The molecule has 0 aromatic heterocycles. The minimum absolute atomic E-state index is 0. The van der Waals surface area contributed by atoms with E-state index in [1.54, 1.807) is 6.49 Å². The van der Waals surface area contributed by atoms with Crippen LogP contribution in [-0.4, -0.2) is 3.21 Å². The van der Waals surface area contributed by atoms with E-state index in [0.717, 1.165) is 0 Å². The van der Waals surface area contributed by atoms with Gasteiger partial charge in [-0.2, -0.15) is 0 Å². The molecular weight excluding hydrogens is 823 g/mol. The standard InChI is InChI=1S/C21H25.C21H26.C13H13.2ClH.Zr/c1-20(2,3)16-9-7-14-11-15-8-10-17(21(4,5)6)13-19(15)18(14)12-16;1-20(2,3)18-11-7-16(8-12-18)15-17-9-13-19(14-10-17)21(4,5)6;1-10-8-11(2)13(9-10)12-6-4-3-5-7-12;;;/h7-13H,1-6H3;7-14H,1-6H3;3-7,9-10H,1-2H3;2*1H;/q;;;;;+2/p-2. The summed E-state index contributed by atoms with van der Waals surface area (Å²) in [6, 6.07) is 45.8. The molecule has 58 heavy (non-hydrogen) atoms. The Morgan fingerprint density at radius 1 is 0.483 bits per heavy atom. The Morgan fingerprint density at radius 2 is 0.862 bits per heavy atom. The molecule has 0 nitrogen and oxygen atoms in total. The third-order valence-corrected chi connectivity index (χ3v) is 21.6. The minimum Gasteiger partial charge on any atom is -1.00 e. The summed E-state index contributed by atoms with van der Waals surface area (Å²) in [6.45, 7) is 33.0. The van der Waals surface area contributed by atoms with Crippen LogP contribution < -0.4 is 24.8 Å². The van der Waals surface area contributed by atoms with Gasteiger partial charge in [-0.3, -0.25) is 0 Å². The van der Waals surface area contributed by atoms with Gasteiger partial charge in [0.15, 0.2) is 0 Å². The number of halogens is 2. The Bertz CT molecular complexity index is 2260. The first kappa shape index (κ1) is 46.0. The largest absolute Gasteiger partial charge is 1.00 e. The quantitative estimate of drug-likeness (QED) is 0.166. The monoisotopic (exact) mass is 884 g/mol. The summed E-state index contributed by atoms with van der Waals surface area (Å²) in [5.74, 6) is 0.354. The number of benzene rings is 5. The molecule has 0 saturated carbocycles. The van der Waals surface area contributed by atoms with Gasteiger partial charge < -0.3 is 24.8 Å². The summed E-state index contributed by atoms with van der Waals surface area (Å²) in [5.41, 5.74) is 18.9. The topological polar surface area (TPSA) is 0 Å². The van der Waals surface area contributed by atoms with E-state index >= 15 is 0 Å². The van der Waals surface area contributed by atoms with Crippen molar-refractivity contribution in [1.82, 2.24) is 0 Å². The van der Waals surface area contributed by atoms with E-state index in [0.29, 0.717) is 9.54 Å². The predicted molar refractivity (Wildman–Crippen MR) is 241 cm³/mol. The molecule has 2 aliphatic rings. The van der Waals surface area contributed by atoms with Crippen LogP contribution in [0.4, 0.5) is 0 Å². The maximum atomic E-state index is 2.59. The average molecular weight is 887 g/mol. The number of hydrogen-bond acceptors (Lipinski definition) is 0. The van der Waals surface area contributed by atoms with E-state index in [2.05, 4.69) is 218 Å². The first-order chi connectivity index (χ1) is 26.1. The number of fused-ring (bicyclic) bond motifs is 3. The smallest absolute Gasteiger partial charge is 1.00 e. The van der Waals surface area contributed by atoms with Gasteiger partial charge in [-0.15, -0.1) is 0 Å². The predicted octanol–water partition coefficient (Wildman–Crippen LogP) is 8.85. The van der Waals surface area contributed by atoms with E-state index in [-0.39, 0.29) is 46.5 Å². The number of allylic oxidation sites excluding steroid dienone is 4.